The zero-order valence-electron chi connectivity index (χ0n) is 11.4. The SMILES string of the molecule is CC1COC(CO)CN1c1cc2c(cc1Br)C(=O)C(=O)N2. The van der Waals surface area contributed by atoms with Gasteiger partial charge < -0.3 is 20.1 Å². The van der Waals surface area contributed by atoms with Crippen LogP contribution in [0.5, 0.6) is 0 Å². The number of amides is 1. The van der Waals surface area contributed by atoms with Gasteiger partial charge in [0.25, 0.3) is 11.7 Å². The molecule has 7 heteroatoms. The van der Waals surface area contributed by atoms with Gasteiger partial charge in [0.15, 0.2) is 0 Å². The van der Waals surface area contributed by atoms with E-state index in [4.69, 9.17) is 4.74 Å². The second-order valence-electron chi connectivity index (χ2n) is 5.27. The summed E-state index contributed by atoms with van der Waals surface area (Å²) in [6.07, 6.45) is -0.238. The summed E-state index contributed by atoms with van der Waals surface area (Å²) in [5, 5.41) is 11.8. The first-order valence-corrected chi connectivity index (χ1v) is 7.49. The van der Waals surface area contributed by atoms with Crippen molar-refractivity contribution < 1.29 is 19.4 Å². The van der Waals surface area contributed by atoms with E-state index < -0.39 is 11.7 Å². The molecule has 0 aliphatic carbocycles. The van der Waals surface area contributed by atoms with Crippen LogP contribution in [0.25, 0.3) is 0 Å². The molecule has 2 atom stereocenters. The Balaban J connectivity index is 1.98. The van der Waals surface area contributed by atoms with E-state index in [1.54, 1.807) is 12.1 Å². The van der Waals surface area contributed by atoms with Crippen molar-refractivity contribution in [1.82, 2.24) is 0 Å². The Morgan fingerprint density at radius 2 is 2.24 bits per heavy atom. The minimum absolute atomic E-state index is 0.0407. The molecule has 6 nitrogen and oxygen atoms in total. The Morgan fingerprint density at radius 3 is 2.95 bits per heavy atom. The lowest BCUT2D eigenvalue weighted by Crippen LogP contribution is -2.49. The molecule has 2 aliphatic heterocycles. The number of fused-ring (bicyclic) bond motifs is 1. The van der Waals surface area contributed by atoms with E-state index in [0.29, 0.717) is 24.4 Å². The quantitative estimate of drug-likeness (QED) is 0.779. The predicted molar refractivity (Wildman–Crippen MR) is 80.7 cm³/mol. The minimum atomic E-state index is -0.600. The molecule has 1 saturated heterocycles. The number of anilines is 2. The number of Topliss-reactive ketones (excluding diaryl/α,β-unsaturated/α-hetero) is 1. The summed E-state index contributed by atoms with van der Waals surface area (Å²) in [5.74, 6) is -1.11. The summed E-state index contributed by atoms with van der Waals surface area (Å²) in [5.41, 5.74) is 1.79. The fourth-order valence-corrected chi connectivity index (χ4v) is 3.21. The van der Waals surface area contributed by atoms with Crippen molar-refractivity contribution in [3.63, 3.8) is 0 Å². The highest BCUT2D eigenvalue weighted by atomic mass is 79.9. The second-order valence-corrected chi connectivity index (χ2v) is 6.13. The lowest BCUT2D eigenvalue weighted by molar-refractivity contribution is -0.112. The summed E-state index contributed by atoms with van der Waals surface area (Å²) in [6, 6.07) is 3.59. The number of ketones is 1. The van der Waals surface area contributed by atoms with Crippen LogP contribution in [0, 0.1) is 0 Å². The first kappa shape index (κ1) is 14.5. The molecular weight excluding hydrogens is 340 g/mol. The van der Waals surface area contributed by atoms with Crippen molar-refractivity contribution in [2.45, 2.75) is 19.1 Å². The number of ether oxygens (including phenoxy) is 1. The summed E-state index contributed by atoms with van der Waals surface area (Å²) < 4.78 is 6.27. The number of hydrogen-bond acceptors (Lipinski definition) is 5. The number of morpholine rings is 1. The summed E-state index contributed by atoms with van der Waals surface area (Å²) >= 11 is 3.47. The van der Waals surface area contributed by atoms with Crippen molar-refractivity contribution >= 4 is 39.0 Å². The van der Waals surface area contributed by atoms with E-state index in [1.807, 2.05) is 6.92 Å². The molecule has 0 saturated carbocycles. The summed E-state index contributed by atoms with van der Waals surface area (Å²) in [7, 11) is 0. The summed E-state index contributed by atoms with van der Waals surface area (Å²) in [4.78, 5) is 25.3. The molecule has 3 rings (SSSR count). The highest BCUT2D eigenvalue weighted by molar-refractivity contribution is 9.10. The Morgan fingerprint density at radius 1 is 1.48 bits per heavy atom. The van der Waals surface area contributed by atoms with Gasteiger partial charge in [-0.05, 0) is 35.0 Å². The maximum absolute atomic E-state index is 11.7. The number of nitrogens with zero attached hydrogens (tertiary/aromatic N) is 1. The molecule has 0 radical (unpaired) electrons. The van der Waals surface area contributed by atoms with Crippen LogP contribution in [0.4, 0.5) is 11.4 Å². The van der Waals surface area contributed by atoms with Crippen LogP contribution in [0.1, 0.15) is 17.3 Å². The molecule has 1 amide bonds. The molecule has 0 spiro atoms. The fraction of sp³-hybridized carbons (Fsp3) is 0.429. The zero-order chi connectivity index (χ0) is 15.1. The van der Waals surface area contributed by atoms with Crippen molar-refractivity contribution in [2.24, 2.45) is 0 Å². The monoisotopic (exact) mass is 354 g/mol. The van der Waals surface area contributed by atoms with Gasteiger partial charge in [0.1, 0.15) is 0 Å². The van der Waals surface area contributed by atoms with Gasteiger partial charge >= 0.3 is 0 Å². The van der Waals surface area contributed by atoms with Gasteiger partial charge in [-0.2, -0.15) is 0 Å². The zero-order valence-corrected chi connectivity index (χ0v) is 13.0. The van der Waals surface area contributed by atoms with Gasteiger partial charge in [-0.3, -0.25) is 9.59 Å². The van der Waals surface area contributed by atoms with Crippen LogP contribution in [0.3, 0.4) is 0 Å². The van der Waals surface area contributed by atoms with Crippen LogP contribution < -0.4 is 10.2 Å². The normalized spacial score (nSPS) is 25.0. The lowest BCUT2D eigenvalue weighted by Gasteiger charge is -2.39. The van der Waals surface area contributed by atoms with Crippen LogP contribution in [-0.4, -0.2) is 48.7 Å². The number of benzene rings is 1. The molecule has 112 valence electrons. The average Bonchev–Trinajstić information content (AvgIpc) is 2.74. The number of hydrogen-bond donors (Lipinski definition) is 2. The van der Waals surface area contributed by atoms with Gasteiger partial charge in [-0.15, -0.1) is 0 Å². The number of aliphatic hydroxyl groups excluding tert-OH is 1. The van der Waals surface area contributed by atoms with Crippen LogP contribution >= 0.6 is 15.9 Å². The Labute approximate surface area is 130 Å². The smallest absolute Gasteiger partial charge is 0.296 e. The second kappa shape index (κ2) is 5.40. The molecule has 2 heterocycles. The Hall–Kier alpha value is -1.44. The van der Waals surface area contributed by atoms with E-state index in [1.165, 1.54) is 0 Å². The van der Waals surface area contributed by atoms with Gasteiger partial charge in [-0.1, -0.05) is 0 Å². The van der Waals surface area contributed by atoms with Gasteiger partial charge in [0.05, 0.1) is 36.3 Å². The van der Waals surface area contributed by atoms with E-state index in [-0.39, 0.29) is 18.8 Å². The van der Waals surface area contributed by atoms with Gasteiger partial charge in [-0.25, -0.2) is 0 Å². The molecule has 21 heavy (non-hydrogen) atoms. The number of nitrogens with one attached hydrogen (secondary N) is 1. The maximum atomic E-state index is 11.7. The largest absolute Gasteiger partial charge is 0.394 e. The third kappa shape index (κ3) is 2.45. The van der Waals surface area contributed by atoms with Crippen molar-refractivity contribution in [2.75, 3.05) is 30.0 Å². The van der Waals surface area contributed by atoms with Crippen LogP contribution in [0.2, 0.25) is 0 Å². The van der Waals surface area contributed by atoms with E-state index in [2.05, 4.69) is 26.1 Å². The minimum Gasteiger partial charge on any atom is -0.394 e. The molecule has 2 aliphatic rings. The van der Waals surface area contributed by atoms with Gasteiger partial charge in [0.2, 0.25) is 0 Å². The molecule has 2 unspecified atom stereocenters. The maximum Gasteiger partial charge on any atom is 0.296 e. The standard InChI is InChI=1S/C14H15BrN2O4/c1-7-6-21-8(5-18)4-17(7)12-3-11-9(2-10(12)15)13(19)14(20)16-11/h2-3,7-8,18H,4-6H2,1H3,(H,16,19,20). The predicted octanol–water partition coefficient (Wildman–Crippen LogP) is 1.17. The van der Waals surface area contributed by atoms with Crippen LogP contribution in [-0.2, 0) is 9.53 Å². The van der Waals surface area contributed by atoms with Crippen LogP contribution in [0.15, 0.2) is 16.6 Å². The number of carbonyl (C=O) groups excluding carboxylic acids is 2. The fourth-order valence-electron chi connectivity index (χ4n) is 2.64. The average molecular weight is 355 g/mol. The molecule has 1 aromatic carbocycles. The number of aliphatic hydroxyl groups is 1. The Bertz CT molecular complexity index is 619. The molecule has 0 bridgehead atoms. The number of carbonyl (C=O) groups is 2. The first-order valence-electron chi connectivity index (χ1n) is 6.69. The van der Waals surface area contributed by atoms with E-state index >= 15 is 0 Å². The third-order valence-corrected chi connectivity index (χ3v) is 4.44. The van der Waals surface area contributed by atoms with E-state index in [0.717, 1.165) is 10.2 Å². The van der Waals surface area contributed by atoms with Crippen molar-refractivity contribution in [3.8, 4) is 0 Å². The highest BCUT2D eigenvalue weighted by Crippen LogP contribution is 2.37. The molecular formula is C14H15BrN2O4. The van der Waals surface area contributed by atoms with E-state index in [9.17, 15) is 14.7 Å². The number of rotatable bonds is 2. The third-order valence-electron chi connectivity index (χ3n) is 3.80. The molecule has 1 fully saturated rings. The molecule has 0 aromatic heterocycles. The first-order chi connectivity index (χ1) is 10.0. The topological polar surface area (TPSA) is 78.9 Å². The summed E-state index contributed by atoms with van der Waals surface area (Å²) in [6.45, 7) is 3.05. The molecule has 1 aromatic rings. The van der Waals surface area contributed by atoms with Crippen molar-refractivity contribution in [1.29, 1.82) is 0 Å². The van der Waals surface area contributed by atoms with Crippen molar-refractivity contribution in [3.05, 3.63) is 22.2 Å². The lowest BCUT2D eigenvalue weighted by atomic mass is 10.1. The molecule has 2 N–H and O–H groups in total. The highest BCUT2D eigenvalue weighted by Gasteiger charge is 2.32. The number of halogens is 1. The Kier molecular flexibility index (Phi) is 3.73. The van der Waals surface area contributed by atoms with Gasteiger partial charge in [0, 0.05) is 17.1 Å².